The first kappa shape index (κ1) is 10.7. The van der Waals surface area contributed by atoms with Gasteiger partial charge in [0.2, 0.25) is 0 Å². The van der Waals surface area contributed by atoms with Crippen LogP contribution in [0.2, 0.25) is 0 Å². The van der Waals surface area contributed by atoms with Gasteiger partial charge in [-0.1, -0.05) is 12.1 Å². The second kappa shape index (κ2) is 4.11. The molecule has 0 radical (unpaired) electrons. The van der Waals surface area contributed by atoms with E-state index in [2.05, 4.69) is 5.32 Å². The molecule has 1 N–H and O–H groups in total. The fourth-order valence-corrected chi connectivity index (χ4v) is 2.75. The van der Waals surface area contributed by atoms with E-state index >= 15 is 0 Å². The molecule has 3 saturated heterocycles. The molecule has 3 aliphatic rings. The van der Waals surface area contributed by atoms with Crippen LogP contribution in [0.25, 0.3) is 0 Å². The van der Waals surface area contributed by atoms with Gasteiger partial charge in [0, 0.05) is 25.2 Å². The average molecular weight is 234 g/mol. The summed E-state index contributed by atoms with van der Waals surface area (Å²) in [5, 5.41) is 3.38. The van der Waals surface area contributed by atoms with Crippen molar-refractivity contribution < 1.29 is 9.18 Å². The first-order valence-corrected chi connectivity index (χ1v) is 6.04. The SMILES string of the molecule is O=C(c1ccccc1F)N1CC2CCC1CN2. The van der Waals surface area contributed by atoms with Gasteiger partial charge in [0.1, 0.15) is 5.82 Å². The van der Waals surface area contributed by atoms with Crippen LogP contribution in [0.3, 0.4) is 0 Å². The summed E-state index contributed by atoms with van der Waals surface area (Å²) in [5.41, 5.74) is 0.194. The molecule has 0 aliphatic carbocycles. The fraction of sp³-hybridized carbons (Fsp3) is 0.462. The van der Waals surface area contributed by atoms with Crippen LogP contribution in [0.5, 0.6) is 0 Å². The van der Waals surface area contributed by atoms with Crippen molar-refractivity contribution in [3.63, 3.8) is 0 Å². The molecule has 1 aromatic carbocycles. The molecule has 4 heteroatoms. The molecule has 3 nitrogen and oxygen atoms in total. The van der Waals surface area contributed by atoms with E-state index in [1.165, 1.54) is 6.07 Å². The number of carbonyl (C=O) groups excluding carboxylic acids is 1. The maximum absolute atomic E-state index is 13.6. The van der Waals surface area contributed by atoms with E-state index in [1.807, 2.05) is 4.90 Å². The maximum Gasteiger partial charge on any atom is 0.257 e. The monoisotopic (exact) mass is 234 g/mol. The molecule has 4 rings (SSSR count). The molecule has 3 fully saturated rings. The molecule has 2 unspecified atom stereocenters. The molecular formula is C13H15FN2O. The molecule has 3 aliphatic heterocycles. The summed E-state index contributed by atoms with van der Waals surface area (Å²) in [6, 6.07) is 6.83. The Morgan fingerprint density at radius 2 is 2.18 bits per heavy atom. The normalized spacial score (nSPS) is 27.2. The number of piperazine rings is 1. The van der Waals surface area contributed by atoms with Gasteiger partial charge in [-0.3, -0.25) is 4.79 Å². The Hall–Kier alpha value is -1.42. The van der Waals surface area contributed by atoms with E-state index in [4.69, 9.17) is 0 Å². The first-order chi connectivity index (χ1) is 8.25. The number of hydrogen-bond donors (Lipinski definition) is 1. The van der Waals surface area contributed by atoms with Gasteiger partial charge in [0.15, 0.2) is 0 Å². The van der Waals surface area contributed by atoms with Gasteiger partial charge in [-0.15, -0.1) is 0 Å². The average Bonchev–Trinajstić information content (AvgIpc) is 2.40. The van der Waals surface area contributed by atoms with E-state index in [1.54, 1.807) is 18.2 Å². The van der Waals surface area contributed by atoms with Crippen molar-refractivity contribution in [1.29, 1.82) is 0 Å². The predicted octanol–water partition coefficient (Wildman–Crippen LogP) is 1.40. The molecule has 2 atom stereocenters. The minimum Gasteiger partial charge on any atom is -0.333 e. The summed E-state index contributed by atoms with van der Waals surface area (Å²) in [4.78, 5) is 14.1. The van der Waals surface area contributed by atoms with Crippen LogP contribution in [0.4, 0.5) is 4.39 Å². The highest BCUT2D eigenvalue weighted by molar-refractivity contribution is 5.94. The number of halogens is 1. The topological polar surface area (TPSA) is 32.3 Å². The van der Waals surface area contributed by atoms with Crippen LogP contribution in [0.1, 0.15) is 23.2 Å². The van der Waals surface area contributed by atoms with Crippen molar-refractivity contribution in [2.45, 2.75) is 24.9 Å². The Kier molecular flexibility index (Phi) is 2.59. The van der Waals surface area contributed by atoms with Gasteiger partial charge >= 0.3 is 0 Å². The Bertz CT molecular complexity index is 441. The van der Waals surface area contributed by atoms with Crippen LogP contribution in [-0.4, -0.2) is 36.0 Å². The van der Waals surface area contributed by atoms with E-state index in [0.717, 1.165) is 19.4 Å². The van der Waals surface area contributed by atoms with Crippen molar-refractivity contribution >= 4 is 5.91 Å². The number of carbonyl (C=O) groups is 1. The summed E-state index contributed by atoms with van der Waals surface area (Å²) >= 11 is 0. The van der Waals surface area contributed by atoms with E-state index in [9.17, 15) is 9.18 Å². The lowest BCUT2D eigenvalue weighted by Gasteiger charge is -2.45. The Morgan fingerprint density at radius 3 is 2.76 bits per heavy atom. The third-order valence-corrected chi connectivity index (χ3v) is 3.71. The zero-order chi connectivity index (χ0) is 11.8. The summed E-state index contributed by atoms with van der Waals surface area (Å²) in [5.74, 6) is -0.591. The van der Waals surface area contributed by atoms with Crippen molar-refractivity contribution in [2.75, 3.05) is 13.1 Å². The molecule has 1 amide bonds. The van der Waals surface area contributed by atoms with E-state index in [-0.39, 0.29) is 17.5 Å². The van der Waals surface area contributed by atoms with Crippen molar-refractivity contribution in [3.05, 3.63) is 35.6 Å². The lowest BCUT2D eigenvalue weighted by molar-refractivity contribution is 0.0436. The zero-order valence-electron chi connectivity index (χ0n) is 9.53. The lowest BCUT2D eigenvalue weighted by atomic mass is 9.92. The van der Waals surface area contributed by atoms with Gasteiger partial charge in [0.25, 0.3) is 5.91 Å². The molecule has 1 aromatic rings. The minimum atomic E-state index is -0.424. The van der Waals surface area contributed by atoms with Gasteiger partial charge in [-0.05, 0) is 25.0 Å². The smallest absolute Gasteiger partial charge is 0.257 e. The van der Waals surface area contributed by atoms with Crippen molar-refractivity contribution in [2.24, 2.45) is 0 Å². The van der Waals surface area contributed by atoms with Crippen LogP contribution >= 0.6 is 0 Å². The van der Waals surface area contributed by atoms with Crippen LogP contribution in [-0.2, 0) is 0 Å². The minimum absolute atomic E-state index is 0.167. The standard InChI is InChI=1S/C13H15FN2O/c14-12-4-2-1-3-11(12)13(17)16-8-9-5-6-10(16)7-15-9/h1-4,9-10,15H,5-8H2. The highest BCUT2D eigenvalue weighted by Crippen LogP contribution is 2.24. The van der Waals surface area contributed by atoms with Crippen LogP contribution < -0.4 is 5.32 Å². The largest absolute Gasteiger partial charge is 0.333 e. The summed E-state index contributed by atoms with van der Waals surface area (Å²) in [6.07, 6.45) is 2.14. The second-order valence-corrected chi connectivity index (χ2v) is 4.77. The quantitative estimate of drug-likeness (QED) is 0.796. The highest BCUT2D eigenvalue weighted by atomic mass is 19.1. The molecule has 90 valence electrons. The zero-order valence-corrected chi connectivity index (χ0v) is 9.53. The molecule has 2 bridgehead atoms. The van der Waals surface area contributed by atoms with Gasteiger partial charge < -0.3 is 10.2 Å². The predicted molar refractivity (Wildman–Crippen MR) is 62.2 cm³/mol. The van der Waals surface area contributed by atoms with Gasteiger partial charge in [-0.2, -0.15) is 0 Å². The second-order valence-electron chi connectivity index (χ2n) is 4.77. The van der Waals surface area contributed by atoms with Gasteiger partial charge in [0.05, 0.1) is 5.56 Å². The first-order valence-electron chi connectivity index (χ1n) is 6.04. The van der Waals surface area contributed by atoms with E-state index in [0.29, 0.717) is 12.6 Å². The Morgan fingerprint density at radius 1 is 1.35 bits per heavy atom. The lowest BCUT2D eigenvalue weighted by Crippen LogP contribution is -2.62. The number of hydrogen-bond acceptors (Lipinski definition) is 2. The Balaban J connectivity index is 1.85. The number of nitrogens with one attached hydrogen (secondary N) is 1. The summed E-state index contributed by atoms with van der Waals surface area (Å²) in [6.45, 7) is 1.54. The Labute approximate surface area is 99.6 Å². The summed E-state index contributed by atoms with van der Waals surface area (Å²) in [7, 11) is 0. The maximum atomic E-state index is 13.6. The number of fused-ring (bicyclic) bond motifs is 3. The number of rotatable bonds is 1. The third-order valence-electron chi connectivity index (χ3n) is 3.71. The fourth-order valence-electron chi connectivity index (χ4n) is 2.75. The number of piperidine rings is 2. The van der Waals surface area contributed by atoms with Crippen molar-refractivity contribution in [3.8, 4) is 0 Å². The van der Waals surface area contributed by atoms with Crippen molar-refractivity contribution in [1.82, 2.24) is 10.2 Å². The van der Waals surface area contributed by atoms with E-state index < -0.39 is 5.82 Å². The number of nitrogens with zero attached hydrogens (tertiary/aromatic N) is 1. The van der Waals surface area contributed by atoms with Crippen LogP contribution in [0, 0.1) is 5.82 Å². The molecule has 0 saturated carbocycles. The molecule has 3 heterocycles. The molecular weight excluding hydrogens is 219 g/mol. The molecule has 17 heavy (non-hydrogen) atoms. The van der Waals surface area contributed by atoms with Crippen LogP contribution in [0.15, 0.2) is 24.3 Å². The number of benzene rings is 1. The highest BCUT2D eigenvalue weighted by Gasteiger charge is 2.36. The molecule has 0 aromatic heterocycles. The summed E-state index contributed by atoms with van der Waals surface area (Å²) < 4.78 is 13.6. The third kappa shape index (κ3) is 1.82. The molecule has 0 spiro atoms. The number of amides is 1. The van der Waals surface area contributed by atoms with Gasteiger partial charge in [-0.25, -0.2) is 4.39 Å².